The van der Waals surface area contributed by atoms with Gasteiger partial charge in [0.05, 0.1) is 12.2 Å². The number of fused-ring (bicyclic) bond motifs is 1. The molecule has 1 atom stereocenters. The number of nitrogens with one attached hydrogen (secondary N) is 1. The van der Waals surface area contributed by atoms with Gasteiger partial charge in [-0.3, -0.25) is 0 Å². The van der Waals surface area contributed by atoms with Crippen molar-refractivity contribution in [3.63, 3.8) is 0 Å². The number of esters is 1. The number of carbonyl (C=O) groups is 1. The summed E-state index contributed by atoms with van der Waals surface area (Å²) in [6.45, 7) is 10.2. The van der Waals surface area contributed by atoms with E-state index in [1.165, 1.54) is 6.33 Å². The van der Waals surface area contributed by atoms with Crippen molar-refractivity contribution in [1.82, 2.24) is 14.8 Å². The first-order chi connectivity index (χ1) is 12.6. The predicted octanol–water partition coefficient (Wildman–Crippen LogP) is 2.98. The van der Waals surface area contributed by atoms with E-state index in [9.17, 15) is 4.79 Å². The quantitative estimate of drug-likeness (QED) is 0.803. The van der Waals surface area contributed by atoms with Crippen LogP contribution in [0.25, 0.3) is 0 Å². The Bertz CT molecular complexity index is 806. The second kappa shape index (κ2) is 7.59. The summed E-state index contributed by atoms with van der Waals surface area (Å²) in [6.07, 6.45) is 1.49. The number of allylic oxidation sites excluding steroid dienone is 1. The molecule has 1 aliphatic heterocycles. The van der Waals surface area contributed by atoms with Crippen molar-refractivity contribution in [2.24, 2.45) is 0 Å². The van der Waals surface area contributed by atoms with E-state index < -0.39 is 0 Å². The first-order valence-corrected chi connectivity index (χ1v) is 8.99. The zero-order valence-corrected chi connectivity index (χ0v) is 15.7. The maximum Gasteiger partial charge on any atom is 0.338 e. The van der Waals surface area contributed by atoms with E-state index in [-0.39, 0.29) is 12.0 Å². The summed E-state index contributed by atoms with van der Waals surface area (Å²) in [6, 6.07) is 7.89. The molecule has 1 N–H and O–H groups in total. The molecule has 138 valence electrons. The van der Waals surface area contributed by atoms with Crippen molar-refractivity contribution in [3.8, 4) is 0 Å². The zero-order valence-electron chi connectivity index (χ0n) is 15.7. The molecule has 0 aliphatic carbocycles. The topological polar surface area (TPSA) is 72.3 Å². The number of ether oxygens (including phenoxy) is 1. The Labute approximate surface area is 153 Å². The van der Waals surface area contributed by atoms with Crippen LogP contribution in [-0.2, 0) is 9.53 Å². The number of anilines is 2. The van der Waals surface area contributed by atoms with Gasteiger partial charge in [-0.05, 0) is 45.4 Å². The molecule has 0 fully saturated rings. The fourth-order valence-corrected chi connectivity index (χ4v) is 3.33. The summed E-state index contributed by atoms with van der Waals surface area (Å²) in [5, 5.41) is 7.46. The van der Waals surface area contributed by atoms with Crippen LogP contribution >= 0.6 is 0 Å². The number of nitrogens with zero attached hydrogens (tertiary/aromatic N) is 4. The molecule has 2 aromatic rings. The number of hydrogen-bond donors (Lipinski definition) is 1. The normalized spacial score (nSPS) is 16.1. The van der Waals surface area contributed by atoms with Crippen molar-refractivity contribution >= 4 is 17.6 Å². The van der Waals surface area contributed by atoms with Crippen molar-refractivity contribution in [2.75, 3.05) is 29.9 Å². The Balaban J connectivity index is 2.04. The Morgan fingerprint density at radius 2 is 1.92 bits per heavy atom. The number of carbonyl (C=O) groups excluding carboxylic acids is 1. The van der Waals surface area contributed by atoms with Crippen LogP contribution in [0.3, 0.4) is 0 Å². The molecular weight excluding hydrogens is 330 g/mol. The minimum Gasteiger partial charge on any atom is -0.463 e. The molecule has 1 unspecified atom stereocenters. The van der Waals surface area contributed by atoms with E-state index in [0.717, 1.165) is 30.0 Å². The number of rotatable bonds is 6. The Kier molecular flexibility index (Phi) is 5.25. The standard InChI is InChI=1S/C19H25N5O2/c1-5-23(6-2)15-10-8-14(9-11-15)17-16(18(25)26-7-3)13(4)22-19-20-12-21-24(17)19/h8-12,17H,5-7H2,1-4H3,(H,20,21,22). The monoisotopic (exact) mass is 355 g/mol. The van der Waals surface area contributed by atoms with Crippen LogP contribution in [0.15, 0.2) is 41.9 Å². The van der Waals surface area contributed by atoms with E-state index in [2.05, 4.69) is 46.3 Å². The molecule has 3 rings (SSSR count). The van der Waals surface area contributed by atoms with Crippen LogP contribution in [0.2, 0.25) is 0 Å². The molecule has 1 aliphatic rings. The third kappa shape index (κ3) is 3.16. The van der Waals surface area contributed by atoms with Crippen LogP contribution in [0, 0.1) is 0 Å². The summed E-state index contributed by atoms with van der Waals surface area (Å²) >= 11 is 0. The van der Waals surface area contributed by atoms with Gasteiger partial charge < -0.3 is 15.0 Å². The maximum absolute atomic E-state index is 12.6. The lowest BCUT2D eigenvalue weighted by molar-refractivity contribution is -0.139. The van der Waals surface area contributed by atoms with Crippen molar-refractivity contribution in [1.29, 1.82) is 0 Å². The van der Waals surface area contributed by atoms with Crippen LogP contribution in [-0.4, -0.2) is 40.4 Å². The van der Waals surface area contributed by atoms with Gasteiger partial charge in [-0.15, -0.1) is 0 Å². The summed E-state index contributed by atoms with van der Waals surface area (Å²) in [7, 11) is 0. The second-order valence-corrected chi connectivity index (χ2v) is 6.08. The molecule has 7 heteroatoms. The fourth-order valence-electron chi connectivity index (χ4n) is 3.33. The molecule has 7 nitrogen and oxygen atoms in total. The number of aromatic nitrogens is 3. The SMILES string of the molecule is CCOC(=O)C1=C(C)Nc2ncnn2C1c1ccc(N(CC)CC)cc1. The smallest absolute Gasteiger partial charge is 0.338 e. The van der Waals surface area contributed by atoms with E-state index in [0.29, 0.717) is 18.1 Å². The van der Waals surface area contributed by atoms with Crippen molar-refractivity contribution < 1.29 is 9.53 Å². The Hall–Kier alpha value is -2.83. The molecule has 2 heterocycles. The van der Waals surface area contributed by atoms with Crippen LogP contribution < -0.4 is 10.2 Å². The largest absolute Gasteiger partial charge is 0.463 e. The lowest BCUT2D eigenvalue weighted by Crippen LogP contribution is -2.29. The molecule has 0 amide bonds. The highest BCUT2D eigenvalue weighted by Gasteiger charge is 2.34. The molecule has 0 bridgehead atoms. The lowest BCUT2D eigenvalue weighted by Gasteiger charge is -2.28. The van der Waals surface area contributed by atoms with Gasteiger partial charge in [0.25, 0.3) is 0 Å². The van der Waals surface area contributed by atoms with Gasteiger partial charge in [0.1, 0.15) is 12.4 Å². The van der Waals surface area contributed by atoms with Crippen LogP contribution in [0.5, 0.6) is 0 Å². The second-order valence-electron chi connectivity index (χ2n) is 6.08. The number of benzene rings is 1. The van der Waals surface area contributed by atoms with Gasteiger partial charge in [0, 0.05) is 24.5 Å². The zero-order chi connectivity index (χ0) is 18.7. The third-order valence-electron chi connectivity index (χ3n) is 4.63. The van der Waals surface area contributed by atoms with Gasteiger partial charge in [-0.2, -0.15) is 10.1 Å². The van der Waals surface area contributed by atoms with Gasteiger partial charge in [0.2, 0.25) is 5.95 Å². The minimum atomic E-state index is -0.362. The third-order valence-corrected chi connectivity index (χ3v) is 4.63. The highest BCUT2D eigenvalue weighted by molar-refractivity contribution is 5.92. The van der Waals surface area contributed by atoms with Crippen LogP contribution in [0.1, 0.15) is 39.3 Å². The maximum atomic E-state index is 12.6. The van der Waals surface area contributed by atoms with Gasteiger partial charge in [-0.1, -0.05) is 12.1 Å². The summed E-state index contributed by atoms with van der Waals surface area (Å²) in [5.74, 6) is 0.282. The number of hydrogen-bond acceptors (Lipinski definition) is 6. The molecule has 26 heavy (non-hydrogen) atoms. The molecule has 0 saturated heterocycles. The molecular formula is C19H25N5O2. The first-order valence-electron chi connectivity index (χ1n) is 8.99. The highest BCUT2D eigenvalue weighted by Crippen LogP contribution is 2.35. The minimum absolute atomic E-state index is 0.327. The predicted molar refractivity (Wildman–Crippen MR) is 101 cm³/mol. The summed E-state index contributed by atoms with van der Waals surface area (Å²) in [5.41, 5.74) is 3.42. The van der Waals surface area contributed by atoms with Crippen LogP contribution in [0.4, 0.5) is 11.6 Å². The molecule has 0 saturated carbocycles. The summed E-state index contributed by atoms with van der Waals surface area (Å²) < 4.78 is 7.01. The first kappa shape index (κ1) is 18.0. The van der Waals surface area contributed by atoms with Crippen molar-refractivity contribution in [3.05, 3.63) is 47.4 Å². The average Bonchev–Trinajstić information content (AvgIpc) is 3.10. The van der Waals surface area contributed by atoms with Gasteiger partial charge in [0.15, 0.2) is 0 Å². The molecule has 0 spiro atoms. The van der Waals surface area contributed by atoms with Crippen molar-refractivity contribution in [2.45, 2.75) is 33.7 Å². The van der Waals surface area contributed by atoms with Gasteiger partial charge in [-0.25, -0.2) is 9.48 Å². The fraction of sp³-hybridized carbons (Fsp3) is 0.421. The molecule has 0 radical (unpaired) electrons. The molecule has 1 aromatic carbocycles. The average molecular weight is 355 g/mol. The van der Waals surface area contributed by atoms with E-state index in [4.69, 9.17) is 4.74 Å². The van der Waals surface area contributed by atoms with E-state index >= 15 is 0 Å². The van der Waals surface area contributed by atoms with E-state index in [1.54, 1.807) is 11.6 Å². The van der Waals surface area contributed by atoms with E-state index in [1.807, 2.05) is 19.1 Å². The Morgan fingerprint density at radius 1 is 1.23 bits per heavy atom. The molecule has 1 aromatic heterocycles. The summed E-state index contributed by atoms with van der Waals surface area (Å²) in [4.78, 5) is 19.1. The Morgan fingerprint density at radius 3 is 2.54 bits per heavy atom. The lowest BCUT2D eigenvalue weighted by atomic mass is 9.95. The van der Waals surface area contributed by atoms with Gasteiger partial charge >= 0.3 is 5.97 Å². The highest BCUT2D eigenvalue weighted by atomic mass is 16.5.